The Bertz CT molecular complexity index is 434. The molecule has 0 radical (unpaired) electrons. The molecule has 1 fully saturated rings. The molecule has 1 saturated heterocycles. The van der Waals surface area contributed by atoms with Gasteiger partial charge >= 0.3 is 0 Å². The Morgan fingerprint density at radius 1 is 1.25 bits per heavy atom. The summed E-state index contributed by atoms with van der Waals surface area (Å²) in [6, 6.07) is 7.36. The van der Waals surface area contributed by atoms with Gasteiger partial charge in [-0.1, -0.05) is 0 Å². The van der Waals surface area contributed by atoms with Gasteiger partial charge in [0, 0.05) is 18.7 Å². The molecule has 2 atom stereocenters. The van der Waals surface area contributed by atoms with Gasteiger partial charge in [0.15, 0.2) is 5.78 Å². The first kappa shape index (κ1) is 15.0. The molecule has 0 aliphatic carbocycles. The van der Waals surface area contributed by atoms with E-state index in [2.05, 4.69) is 4.90 Å². The molecule has 1 aromatic rings. The van der Waals surface area contributed by atoms with Gasteiger partial charge in [-0.2, -0.15) is 0 Å². The second-order valence-electron chi connectivity index (χ2n) is 5.33. The van der Waals surface area contributed by atoms with E-state index >= 15 is 0 Å². The molecule has 2 rings (SSSR count). The molecule has 0 saturated carbocycles. The molecule has 4 heteroatoms. The second kappa shape index (κ2) is 6.86. The van der Waals surface area contributed by atoms with Crippen molar-refractivity contribution in [1.29, 1.82) is 0 Å². The first-order valence-electron chi connectivity index (χ1n) is 7.22. The van der Waals surface area contributed by atoms with E-state index in [1.807, 2.05) is 45.0 Å². The molecule has 0 spiro atoms. The van der Waals surface area contributed by atoms with Gasteiger partial charge in [-0.05, 0) is 45.0 Å². The number of benzene rings is 1. The summed E-state index contributed by atoms with van der Waals surface area (Å²) in [5.74, 6) is 0.951. The van der Waals surface area contributed by atoms with Crippen molar-refractivity contribution in [2.24, 2.45) is 0 Å². The van der Waals surface area contributed by atoms with Crippen LogP contribution in [0.4, 0.5) is 0 Å². The third-order valence-electron chi connectivity index (χ3n) is 3.35. The summed E-state index contributed by atoms with van der Waals surface area (Å²) >= 11 is 0. The van der Waals surface area contributed by atoms with Crippen LogP contribution in [-0.2, 0) is 4.74 Å². The molecule has 1 aromatic carbocycles. The second-order valence-corrected chi connectivity index (χ2v) is 5.33. The van der Waals surface area contributed by atoms with Crippen molar-refractivity contribution >= 4 is 5.78 Å². The Hall–Kier alpha value is -1.39. The summed E-state index contributed by atoms with van der Waals surface area (Å²) < 4.78 is 11.1. The highest BCUT2D eigenvalue weighted by Gasteiger charge is 2.23. The van der Waals surface area contributed by atoms with Crippen LogP contribution in [0.5, 0.6) is 5.75 Å². The smallest absolute Gasteiger partial charge is 0.176 e. The standard InChI is InChI=1S/C16H23NO3/c1-4-19-15-7-5-14(6-8-15)16(18)11-17-9-12(2)20-13(3)10-17/h5-8,12-13H,4,9-11H2,1-3H3/t12-,13+. The average molecular weight is 277 g/mol. The number of rotatable bonds is 5. The number of hydrogen-bond donors (Lipinski definition) is 0. The first-order valence-corrected chi connectivity index (χ1v) is 7.22. The summed E-state index contributed by atoms with van der Waals surface area (Å²) in [6.07, 6.45) is 0.374. The third kappa shape index (κ3) is 4.05. The molecule has 4 nitrogen and oxygen atoms in total. The summed E-state index contributed by atoms with van der Waals surface area (Å²) in [7, 11) is 0. The van der Waals surface area contributed by atoms with E-state index in [1.54, 1.807) is 0 Å². The zero-order valence-corrected chi connectivity index (χ0v) is 12.5. The van der Waals surface area contributed by atoms with Crippen LogP contribution in [0.25, 0.3) is 0 Å². The maximum absolute atomic E-state index is 12.3. The van der Waals surface area contributed by atoms with Crippen molar-refractivity contribution in [1.82, 2.24) is 4.90 Å². The Morgan fingerprint density at radius 2 is 1.85 bits per heavy atom. The Labute approximate surface area is 120 Å². The minimum absolute atomic E-state index is 0.148. The predicted octanol–water partition coefficient (Wildman–Crippen LogP) is 2.38. The van der Waals surface area contributed by atoms with Crippen LogP contribution in [0.15, 0.2) is 24.3 Å². The number of morpholine rings is 1. The van der Waals surface area contributed by atoms with Gasteiger partial charge in [-0.15, -0.1) is 0 Å². The van der Waals surface area contributed by atoms with Crippen LogP contribution < -0.4 is 4.74 Å². The van der Waals surface area contributed by atoms with Crippen molar-refractivity contribution in [2.75, 3.05) is 26.2 Å². The van der Waals surface area contributed by atoms with E-state index in [4.69, 9.17) is 9.47 Å². The number of hydrogen-bond acceptors (Lipinski definition) is 4. The van der Waals surface area contributed by atoms with E-state index in [0.29, 0.717) is 13.2 Å². The molecule has 110 valence electrons. The fourth-order valence-corrected chi connectivity index (χ4v) is 2.61. The summed E-state index contributed by atoms with van der Waals surface area (Å²) in [5, 5.41) is 0. The molecule has 0 aromatic heterocycles. The molecule has 0 amide bonds. The van der Waals surface area contributed by atoms with Gasteiger partial charge in [0.2, 0.25) is 0 Å². The molecule has 0 N–H and O–H groups in total. The summed E-state index contributed by atoms with van der Waals surface area (Å²) in [5.41, 5.74) is 0.736. The van der Waals surface area contributed by atoms with Gasteiger partial charge in [-0.25, -0.2) is 0 Å². The number of ketones is 1. The lowest BCUT2D eigenvalue weighted by Crippen LogP contribution is -2.47. The molecule has 1 aliphatic rings. The maximum atomic E-state index is 12.3. The topological polar surface area (TPSA) is 38.8 Å². The molecular formula is C16H23NO3. The molecule has 20 heavy (non-hydrogen) atoms. The van der Waals surface area contributed by atoms with Crippen LogP contribution in [0, 0.1) is 0 Å². The SMILES string of the molecule is CCOc1ccc(C(=O)CN2C[C@@H](C)O[C@@H](C)C2)cc1. The van der Waals surface area contributed by atoms with Crippen LogP contribution in [0.3, 0.4) is 0 Å². The quantitative estimate of drug-likeness (QED) is 0.775. The first-order chi connectivity index (χ1) is 9.58. The number of carbonyl (C=O) groups excluding carboxylic acids is 1. The maximum Gasteiger partial charge on any atom is 0.176 e. The molecule has 1 heterocycles. The van der Waals surface area contributed by atoms with Gasteiger partial charge in [0.1, 0.15) is 5.75 Å². The lowest BCUT2D eigenvalue weighted by Gasteiger charge is -2.34. The lowest BCUT2D eigenvalue weighted by atomic mass is 10.1. The van der Waals surface area contributed by atoms with Crippen molar-refractivity contribution in [3.8, 4) is 5.75 Å². The summed E-state index contributed by atoms with van der Waals surface area (Å²) in [4.78, 5) is 14.4. The van der Waals surface area contributed by atoms with Crippen molar-refractivity contribution in [3.63, 3.8) is 0 Å². The Balaban J connectivity index is 1.93. The van der Waals surface area contributed by atoms with Crippen LogP contribution in [-0.4, -0.2) is 49.1 Å². The van der Waals surface area contributed by atoms with E-state index < -0.39 is 0 Å². The normalized spacial score (nSPS) is 23.6. The van der Waals surface area contributed by atoms with Crippen LogP contribution >= 0.6 is 0 Å². The van der Waals surface area contributed by atoms with E-state index in [0.717, 1.165) is 24.4 Å². The molecular weight excluding hydrogens is 254 g/mol. The Morgan fingerprint density at radius 3 is 2.40 bits per heavy atom. The van der Waals surface area contributed by atoms with Crippen LogP contribution in [0.1, 0.15) is 31.1 Å². The van der Waals surface area contributed by atoms with Crippen molar-refractivity contribution in [3.05, 3.63) is 29.8 Å². The number of ether oxygens (including phenoxy) is 2. The number of nitrogens with zero attached hydrogens (tertiary/aromatic N) is 1. The number of carbonyl (C=O) groups is 1. The van der Waals surface area contributed by atoms with Gasteiger partial charge < -0.3 is 9.47 Å². The Kier molecular flexibility index (Phi) is 5.15. The highest BCUT2D eigenvalue weighted by atomic mass is 16.5. The summed E-state index contributed by atoms with van der Waals surface area (Å²) in [6.45, 7) is 8.75. The van der Waals surface area contributed by atoms with E-state index in [1.165, 1.54) is 0 Å². The fourth-order valence-electron chi connectivity index (χ4n) is 2.61. The fraction of sp³-hybridized carbons (Fsp3) is 0.562. The monoisotopic (exact) mass is 277 g/mol. The average Bonchev–Trinajstić information content (AvgIpc) is 2.38. The zero-order chi connectivity index (χ0) is 14.5. The van der Waals surface area contributed by atoms with Crippen molar-refractivity contribution in [2.45, 2.75) is 33.0 Å². The zero-order valence-electron chi connectivity index (χ0n) is 12.5. The van der Waals surface area contributed by atoms with Crippen LogP contribution in [0.2, 0.25) is 0 Å². The molecule has 0 unspecified atom stereocenters. The molecule has 0 bridgehead atoms. The third-order valence-corrected chi connectivity index (χ3v) is 3.35. The largest absolute Gasteiger partial charge is 0.494 e. The highest BCUT2D eigenvalue weighted by molar-refractivity contribution is 5.97. The van der Waals surface area contributed by atoms with Crippen molar-refractivity contribution < 1.29 is 14.3 Å². The van der Waals surface area contributed by atoms with Gasteiger partial charge in [0.25, 0.3) is 0 Å². The number of Topliss-reactive ketones (excluding diaryl/α,β-unsaturated/α-hetero) is 1. The minimum atomic E-state index is 0.148. The van der Waals surface area contributed by atoms with Gasteiger partial charge in [0.05, 0.1) is 25.4 Å². The lowest BCUT2D eigenvalue weighted by molar-refractivity contribution is -0.0652. The van der Waals surface area contributed by atoms with Gasteiger partial charge in [-0.3, -0.25) is 9.69 Å². The van der Waals surface area contributed by atoms with E-state index in [-0.39, 0.29) is 18.0 Å². The highest BCUT2D eigenvalue weighted by Crippen LogP contribution is 2.15. The van der Waals surface area contributed by atoms with E-state index in [9.17, 15) is 4.79 Å². The predicted molar refractivity (Wildman–Crippen MR) is 78.4 cm³/mol. The minimum Gasteiger partial charge on any atom is -0.494 e. The molecule has 1 aliphatic heterocycles.